The van der Waals surface area contributed by atoms with Gasteiger partial charge in [0.25, 0.3) is 0 Å². The first-order valence-electron chi connectivity index (χ1n) is 9.04. The normalized spacial score (nSPS) is 16.2. The number of hydrogen-bond acceptors (Lipinski definition) is 4. The molecule has 1 saturated heterocycles. The van der Waals surface area contributed by atoms with Gasteiger partial charge in [0.05, 0.1) is 6.04 Å². The second-order valence-electron chi connectivity index (χ2n) is 6.85. The van der Waals surface area contributed by atoms with Crippen LogP contribution in [0.4, 0.5) is 4.79 Å². The number of urea groups is 1. The summed E-state index contributed by atoms with van der Waals surface area (Å²) in [6.07, 6.45) is 0. The van der Waals surface area contributed by atoms with Crippen LogP contribution < -0.4 is 10.6 Å². The lowest BCUT2D eigenvalue weighted by atomic mass is 10.1. The number of nitrogens with one attached hydrogen (secondary N) is 2. The van der Waals surface area contributed by atoms with E-state index < -0.39 is 12.1 Å². The Morgan fingerprint density at radius 1 is 1.00 bits per heavy atom. The van der Waals surface area contributed by atoms with Gasteiger partial charge in [-0.3, -0.25) is 19.8 Å². The van der Waals surface area contributed by atoms with E-state index in [9.17, 15) is 14.4 Å². The van der Waals surface area contributed by atoms with E-state index in [1.807, 2.05) is 54.0 Å². The van der Waals surface area contributed by atoms with Crippen LogP contribution >= 0.6 is 0 Å². The molecule has 0 radical (unpaired) electrons. The van der Waals surface area contributed by atoms with Crippen molar-refractivity contribution in [1.82, 2.24) is 20.4 Å². The summed E-state index contributed by atoms with van der Waals surface area (Å²) in [7, 11) is 0. The Kier molecular flexibility index (Phi) is 7.15. The van der Waals surface area contributed by atoms with Crippen LogP contribution in [0.5, 0.6) is 0 Å². The van der Waals surface area contributed by atoms with Gasteiger partial charge in [-0.15, -0.1) is 0 Å². The van der Waals surface area contributed by atoms with E-state index in [2.05, 4.69) is 10.6 Å². The first kappa shape index (κ1) is 19.9. The zero-order valence-corrected chi connectivity index (χ0v) is 15.7. The lowest BCUT2D eigenvalue weighted by molar-refractivity contribution is -0.137. The van der Waals surface area contributed by atoms with Crippen molar-refractivity contribution in [2.45, 2.75) is 33.4 Å². The first-order chi connectivity index (χ1) is 12.4. The van der Waals surface area contributed by atoms with Crippen LogP contribution in [0.1, 0.15) is 26.3 Å². The lowest BCUT2D eigenvalue weighted by Gasteiger charge is -2.38. The molecular weight excluding hydrogens is 332 g/mol. The topological polar surface area (TPSA) is 81.8 Å². The number of carbonyl (C=O) groups excluding carboxylic acids is 3. The molecule has 0 aromatic heterocycles. The van der Waals surface area contributed by atoms with Crippen LogP contribution in [0, 0.1) is 5.92 Å². The third kappa shape index (κ3) is 5.56. The molecule has 1 aliphatic heterocycles. The zero-order valence-electron chi connectivity index (χ0n) is 15.7. The Labute approximate surface area is 154 Å². The van der Waals surface area contributed by atoms with Crippen molar-refractivity contribution >= 4 is 17.8 Å². The van der Waals surface area contributed by atoms with E-state index in [4.69, 9.17) is 0 Å². The van der Waals surface area contributed by atoms with E-state index in [0.29, 0.717) is 32.7 Å². The van der Waals surface area contributed by atoms with Crippen LogP contribution in [-0.2, 0) is 16.1 Å². The Balaban J connectivity index is 1.75. The summed E-state index contributed by atoms with van der Waals surface area (Å²) in [6.45, 7) is 8.38. The maximum Gasteiger partial charge on any atom is 0.321 e. The van der Waals surface area contributed by atoms with Crippen molar-refractivity contribution in [3.05, 3.63) is 35.9 Å². The highest BCUT2D eigenvalue weighted by Gasteiger charge is 2.28. The quantitative estimate of drug-likeness (QED) is 0.827. The summed E-state index contributed by atoms with van der Waals surface area (Å²) in [4.78, 5) is 40.0. The van der Waals surface area contributed by atoms with Crippen molar-refractivity contribution in [2.24, 2.45) is 5.92 Å². The molecule has 0 aliphatic carbocycles. The van der Waals surface area contributed by atoms with E-state index in [-0.39, 0.29) is 17.7 Å². The summed E-state index contributed by atoms with van der Waals surface area (Å²) < 4.78 is 0. The molecule has 1 atom stereocenters. The molecule has 2 N–H and O–H groups in total. The standard InChI is InChI=1S/C19H28N4O3/c1-14(2)18(25)23-11-9-22(10-12-23)15(3)17(24)21-19(26)20-13-16-7-5-4-6-8-16/h4-8,14-15H,9-13H2,1-3H3,(H2,20,21,24,26)/t15-/m0/s1. The molecule has 2 rings (SSSR count). The fourth-order valence-corrected chi connectivity index (χ4v) is 2.90. The van der Waals surface area contributed by atoms with Gasteiger partial charge < -0.3 is 10.2 Å². The van der Waals surface area contributed by atoms with Crippen molar-refractivity contribution in [2.75, 3.05) is 26.2 Å². The molecule has 0 saturated carbocycles. The van der Waals surface area contributed by atoms with E-state index >= 15 is 0 Å². The maximum absolute atomic E-state index is 12.3. The van der Waals surface area contributed by atoms with Gasteiger partial charge in [-0.1, -0.05) is 44.2 Å². The summed E-state index contributed by atoms with van der Waals surface area (Å²) in [5.41, 5.74) is 0.967. The van der Waals surface area contributed by atoms with Crippen molar-refractivity contribution in [3.8, 4) is 0 Å². The van der Waals surface area contributed by atoms with Crippen molar-refractivity contribution < 1.29 is 14.4 Å². The monoisotopic (exact) mass is 360 g/mol. The summed E-state index contributed by atoms with van der Waals surface area (Å²) >= 11 is 0. The predicted octanol–water partition coefficient (Wildman–Crippen LogP) is 1.20. The van der Waals surface area contributed by atoms with Crippen LogP contribution in [0.15, 0.2) is 30.3 Å². The Hall–Kier alpha value is -2.41. The minimum Gasteiger partial charge on any atom is -0.340 e. The molecule has 1 aromatic rings. The largest absolute Gasteiger partial charge is 0.340 e. The number of imide groups is 1. The average Bonchev–Trinajstić information content (AvgIpc) is 2.66. The van der Waals surface area contributed by atoms with Gasteiger partial charge in [0.2, 0.25) is 11.8 Å². The SMILES string of the molecule is CC(C)C(=O)N1CCN([C@@H](C)C(=O)NC(=O)NCc2ccccc2)CC1. The van der Waals surface area contributed by atoms with Gasteiger partial charge >= 0.3 is 6.03 Å². The first-order valence-corrected chi connectivity index (χ1v) is 9.04. The maximum atomic E-state index is 12.3. The number of amides is 4. The molecule has 1 fully saturated rings. The molecule has 0 unspecified atom stereocenters. The van der Waals surface area contributed by atoms with Gasteiger partial charge in [-0.25, -0.2) is 4.79 Å². The van der Waals surface area contributed by atoms with E-state index in [1.54, 1.807) is 6.92 Å². The second-order valence-corrected chi connectivity index (χ2v) is 6.85. The minimum absolute atomic E-state index is 0.0180. The Morgan fingerprint density at radius 2 is 1.62 bits per heavy atom. The van der Waals surface area contributed by atoms with Crippen LogP contribution in [0.2, 0.25) is 0 Å². The number of benzene rings is 1. The molecule has 7 heteroatoms. The highest BCUT2D eigenvalue weighted by molar-refractivity contribution is 5.96. The molecular formula is C19H28N4O3. The fraction of sp³-hybridized carbons (Fsp3) is 0.526. The summed E-state index contributed by atoms with van der Waals surface area (Å²) in [6, 6.07) is 8.58. The Bertz CT molecular complexity index is 625. The van der Waals surface area contributed by atoms with Crippen LogP contribution in [0.25, 0.3) is 0 Å². The van der Waals surface area contributed by atoms with E-state index in [1.165, 1.54) is 0 Å². The lowest BCUT2D eigenvalue weighted by Crippen LogP contribution is -2.56. The molecule has 142 valence electrons. The highest BCUT2D eigenvalue weighted by Crippen LogP contribution is 2.10. The molecule has 0 spiro atoms. The third-order valence-electron chi connectivity index (χ3n) is 4.58. The molecule has 4 amide bonds. The van der Waals surface area contributed by atoms with E-state index in [0.717, 1.165) is 5.56 Å². The van der Waals surface area contributed by atoms with Crippen LogP contribution in [0.3, 0.4) is 0 Å². The fourth-order valence-electron chi connectivity index (χ4n) is 2.90. The van der Waals surface area contributed by atoms with Gasteiger partial charge in [0.15, 0.2) is 0 Å². The Morgan fingerprint density at radius 3 is 2.19 bits per heavy atom. The smallest absolute Gasteiger partial charge is 0.321 e. The van der Waals surface area contributed by atoms with Crippen molar-refractivity contribution in [1.29, 1.82) is 0 Å². The van der Waals surface area contributed by atoms with Gasteiger partial charge in [-0.05, 0) is 12.5 Å². The van der Waals surface area contributed by atoms with Gasteiger partial charge in [0.1, 0.15) is 0 Å². The molecule has 0 bridgehead atoms. The average molecular weight is 360 g/mol. The number of piperazine rings is 1. The second kappa shape index (κ2) is 9.33. The highest BCUT2D eigenvalue weighted by atomic mass is 16.2. The minimum atomic E-state index is -0.501. The molecule has 26 heavy (non-hydrogen) atoms. The van der Waals surface area contributed by atoms with Crippen LogP contribution in [-0.4, -0.2) is 59.9 Å². The molecule has 1 heterocycles. The number of nitrogens with zero attached hydrogens (tertiary/aromatic N) is 2. The zero-order chi connectivity index (χ0) is 19.1. The molecule has 1 aromatic carbocycles. The molecule has 7 nitrogen and oxygen atoms in total. The summed E-state index contributed by atoms with van der Waals surface area (Å²) in [5.74, 6) is -0.211. The van der Waals surface area contributed by atoms with Gasteiger partial charge in [0, 0.05) is 38.6 Å². The third-order valence-corrected chi connectivity index (χ3v) is 4.58. The molecule has 1 aliphatic rings. The summed E-state index contributed by atoms with van der Waals surface area (Å²) in [5, 5.41) is 5.07. The number of hydrogen-bond donors (Lipinski definition) is 2. The number of carbonyl (C=O) groups is 3. The van der Waals surface area contributed by atoms with Gasteiger partial charge in [-0.2, -0.15) is 0 Å². The van der Waals surface area contributed by atoms with Crippen molar-refractivity contribution in [3.63, 3.8) is 0 Å². The predicted molar refractivity (Wildman–Crippen MR) is 99.3 cm³/mol. The number of rotatable bonds is 5.